The maximum Gasteiger partial charge on any atom is 0.412 e. The third-order valence-corrected chi connectivity index (χ3v) is 3.06. The second-order valence-corrected chi connectivity index (χ2v) is 4.41. The third kappa shape index (κ3) is 4.05. The summed E-state index contributed by atoms with van der Waals surface area (Å²) in [5.74, 6) is 0.808. The molecule has 2 heterocycles. The lowest BCUT2D eigenvalue weighted by Crippen LogP contribution is -2.52. The smallest absolute Gasteiger partial charge is 0.303 e. The van der Waals surface area contributed by atoms with Gasteiger partial charge in [-0.3, -0.25) is 0 Å². The molecular formula is C14H26O4. The lowest BCUT2D eigenvalue weighted by molar-refractivity contribution is -0.534. The lowest BCUT2D eigenvalue weighted by Gasteiger charge is -2.42. The standard InChI is InChI=1S/C12H20O4.C2H6/c1-3-5-11-8-15-12(16-9-11)13-6-10(4-2)7-14-12;1-2/h3,10-11H,1,4-9H2,2H3;1-2H3. The van der Waals surface area contributed by atoms with Gasteiger partial charge in [0.05, 0.1) is 26.4 Å². The molecule has 2 saturated heterocycles. The highest BCUT2D eigenvalue weighted by atomic mass is 17.0. The van der Waals surface area contributed by atoms with Gasteiger partial charge in [-0.15, -0.1) is 6.58 Å². The zero-order valence-electron chi connectivity index (χ0n) is 11.8. The SMILES string of the molecule is C=CCC1COC2(OCC(CC)CO2)OC1.CC. The van der Waals surface area contributed by atoms with E-state index in [1.807, 2.05) is 19.9 Å². The molecule has 0 bridgehead atoms. The van der Waals surface area contributed by atoms with Crippen molar-refractivity contribution in [3.63, 3.8) is 0 Å². The van der Waals surface area contributed by atoms with Crippen LogP contribution in [-0.4, -0.2) is 32.6 Å². The van der Waals surface area contributed by atoms with Gasteiger partial charge in [-0.1, -0.05) is 26.8 Å². The fourth-order valence-electron chi connectivity index (χ4n) is 1.83. The molecule has 0 saturated carbocycles. The topological polar surface area (TPSA) is 36.9 Å². The summed E-state index contributed by atoms with van der Waals surface area (Å²) < 4.78 is 22.2. The Hall–Kier alpha value is -0.420. The van der Waals surface area contributed by atoms with E-state index in [1.54, 1.807) is 0 Å². The van der Waals surface area contributed by atoms with E-state index in [4.69, 9.17) is 18.9 Å². The van der Waals surface area contributed by atoms with Crippen molar-refractivity contribution in [1.29, 1.82) is 0 Å². The Morgan fingerprint density at radius 2 is 1.44 bits per heavy atom. The van der Waals surface area contributed by atoms with E-state index in [9.17, 15) is 0 Å². The van der Waals surface area contributed by atoms with E-state index in [0.717, 1.165) is 12.8 Å². The van der Waals surface area contributed by atoms with Crippen LogP contribution in [0.4, 0.5) is 0 Å². The van der Waals surface area contributed by atoms with Crippen molar-refractivity contribution in [2.24, 2.45) is 11.8 Å². The summed E-state index contributed by atoms with van der Waals surface area (Å²) in [6.07, 6.45) is 2.61. The van der Waals surface area contributed by atoms with Crippen LogP contribution in [0.1, 0.15) is 33.6 Å². The van der Waals surface area contributed by atoms with E-state index >= 15 is 0 Å². The second-order valence-electron chi connectivity index (χ2n) is 4.41. The van der Waals surface area contributed by atoms with Crippen LogP contribution in [0.5, 0.6) is 0 Å². The molecule has 1 spiro atoms. The molecule has 18 heavy (non-hydrogen) atoms. The number of hydrogen-bond donors (Lipinski definition) is 0. The highest BCUT2D eigenvalue weighted by molar-refractivity contribution is 4.75. The third-order valence-electron chi connectivity index (χ3n) is 3.06. The molecule has 0 atom stereocenters. The molecule has 106 valence electrons. The van der Waals surface area contributed by atoms with E-state index < -0.39 is 6.16 Å². The molecule has 0 aromatic heterocycles. The van der Waals surface area contributed by atoms with Crippen LogP contribution in [0.3, 0.4) is 0 Å². The van der Waals surface area contributed by atoms with Crippen molar-refractivity contribution in [3.8, 4) is 0 Å². The molecule has 0 aliphatic carbocycles. The summed E-state index contributed by atoms with van der Waals surface area (Å²) in [4.78, 5) is 0. The van der Waals surface area contributed by atoms with Gasteiger partial charge in [-0.05, 0) is 12.8 Å². The van der Waals surface area contributed by atoms with Gasteiger partial charge in [0.2, 0.25) is 0 Å². The summed E-state index contributed by atoms with van der Waals surface area (Å²) in [6.45, 7) is 12.3. The summed E-state index contributed by atoms with van der Waals surface area (Å²) in [5.41, 5.74) is 0. The largest absolute Gasteiger partial charge is 0.412 e. The van der Waals surface area contributed by atoms with Gasteiger partial charge in [0.1, 0.15) is 0 Å². The number of ether oxygens (including phenoxy) is 4. The van der Waals surface area contributed by atoms with Gasteiger partial charge in [-0.25, -0.2) is 0 Å². The zero-order valence-corrected chi connectivity index (χ0v) is 11.8. The van der Waals surface area contributed by atoms with Gasteiger partial charge in [0.25, 0.3) is 0 Å². The van der Waals surface area contributed by atoms with Crippen LogP contribution in [-0.2, 0) is 18.9 Å². The number of rotatable bonds is 3. The second kappa shape index (κ2) is 7.89. The molecule has 4 nitrogen and oxygen atoms in total. The maximum absolute atomic E-state index is 5.55. The van der Waals surface area contributed by atoms with Crippen LogP contribution in [0.2, 0.25) is 0 Å². The highest BCUT2D eigenvalue weighted by Gasteiger charge is 2.44. The van der Waals surface area contributed by atoms with E-state index in [1.165, 1.54) is 0 Å². The zero-order chi connectivity index (χ0) is 13.4. The Bertz CT molecular complexity index is 224. The first kappa shape index (κ1) is 15.6. The quantitative estimate of drug-likeness (QED) is 0.729. The van der Waals surface area contributed by atoms with Crippen molar-refractivity contribution in [1.82, 2.24) is 0 Å². The summed E-state index contributed by atoms with van der Waals surface area (Å²) in [5, 5.41) is 0. The molecule has 2 aliphatic rings. The fraction of sp³-hybridized carbons (Fsp3) is 0.857. The van der Waals surface area contributed by atoms with E-state index in [-0.39, 0.29) is 0 Å². The molecule has 0 unspecified atom stereocenters. The predicted octanol–water partition coefficient (Wildman–Crippen LogP) is 2.94. The lowest BCUT2D eigenvalue weighted by atomic mass is 10.1. The Morgan fingerprint density at radius 1 is 1.00 bits per heavy atom. The van der Waals surface area contributed by atoms with E-state index in [0.29, 0.717) is 38.3 Å². The monoisotopic (exact) mass is 258 g/mol. The molecule has 2 rings (SSSR count). The Balaban J connectivity index is 0.000000771. The van der Waals surface area contributed by atoms with Gasteiger partial charge >= 0.3 is 6.16 Å². The van der Waals surface area contributed by atoms with Gasteiger partial charge < -0.3 is 18.9 Å². The molecule has 0 aromatic carbocycles. The van der Waals surface area contributed by atoms with Crippen molar-refractivity contribution in [2.45, 2.75) is 39.8 Å². The Labute approximate surface area is 110 Å². The van der Waals surface area contributed by atoms with Crippen molar-refractivity contribution >= 4 is 0 Å². The molecule has 2 aliphatic heterocycles. The number of hydrogen-bond acceptors (Lipinski definition) is 4. The van der Waals surface area contributed by atoms with Crippen LogP contribution >= 0.6 is 0 Å². The summed E-state index contributed by atoms with van der Waals surface area (Å²) in [6, 6.07) is 0. The minimum atomic E-state index is -1.22. The summed E-state index contributed by atoms with van der Waals surface area (Å²) >= 11 is 0. The molecule has 0 N–H and O–H groups in total. The Morgan fingerprint density at radius 3 is 1.83 bits per heavy atom. The molecule has 2 fully saturated rings. The van der Waals surface area contributed by atoms with Crippen LogP contribution in [0, 0.1) is 11.8 Å². The average molecular weight is 258 g/mol. The Kier molecular flexibility index (Phi) is 6.86. The minimum Gasteiger partial charge on any atom is -0.303 e. The molecule has 0 radical (unpaired) electrons. The fourth-order valence-corrected chi connectivity index (χ4v) is 1.83. The first-order valence-electron chi connectivity index (χ1n) is 6.94. The molecular weight excluding hydrogens is 232 g/mol. The van der Waals surface area contributed by atoms with Crippen LogP contribution in [0.25, 0.3) is 0 Å². The first-order valence-corrected chi connectivity index (χ1v) is 6.94. The van der Waals surface area contributed by atoms with Crippen LogP contribution < -0.4 is 0 Å². The maximum atomic E-state index is 5.55. The first-order chi connectivity index (χ1) is 8.78. The van der Waals surface area contributed by atoms with Gasteiger partial charge in [0, 0.05) is 11.8 Å². The molecule has 0 aromatic rings. The predicted molar refractivity (Wildman–Crippen MR) is 70.0 cm³/mol. The van der Waals surface area contributed by atoms with Crippen molar-refractivity contribution < 1.29 is 18.9 Å². The molecule has 4 heteroatoms. The van der Waals surface area contributed by atoms with Crippen molar-refractivity contribution in [3.05, 3.63) is 12.7 Å². The van der Waals surface area contributed by atoms with Gasteiger partial charge in [0.15, 0.2) is 0 Å². The molecule has 0 amide bonds. The van der Waals surface area contributed by atoms with Crippen LogP contribution in [0.15, 0.2) is 12.7 Å². The highest BCUT2D eigenvalue weighted by Crippen LogP contribution is 2.30. The number of allylic oxidation sites excluding steroid dienone is 1. The normalized spacial score (nSPS) is 35.7. The minimum absolute atomic E-state index is 0.360. The van der Waals surface area contributed by atoms with Gasteiger partial charge in [-0.2, -0.15) is 0 Å². The van der Waals surface area contributed by atoms with Crippen molar-refractivity contribution in [2.75, 3.05) is 26.4 Å². The average Bonchev–Trinajstić information content (AvgIpc) is 2.45. The van der Waals surface area contributed by atoms with E-state index in [2.05, 4.69) is 13.5 Å². The summed E-state index contributed by atoms with van der Waals surface area (Å²) in [7, 11) is 0.